The molecule has 2 bridgehead atoms. The van der Waals surface area contributed by atoms with Crippen LogP contribution in [0.3, 0.4) is 0 Å². The number of benzene rings is 1. The number of aromatic nitrogens is 4. The van der Waals surface area contributed by atoms with E-state index in [1.54, 1.807) is 0 Å². The molecule has 4 heterocycles. The average molecular weight is 415 g/mol. The summed E-state index contributed by atoms with van der Waals surface area (Å²) in [5, 5.41) is 1.10. The van der Waals surface area contributed by atoms with Gasteiger partial charge >= 0.3 is 0 Å². The zero-order valence-electron chi connectivity index (χ0n) is 17.8. The maximum atomic E-state index is 13.2. The second kappa shape index (κ2) is 6.65. The first-order chi connectivity index (χ1) is 15.1. The minimum absolute atomic E-state index is 0.0728. The Bertz CT molecular complexity index is 1330. The van der Waals surface area contributed by atoms with E-state index in [-0.39, 0.29) is 18.0 Å². The number of nitrogens with two attached hydrogens (primary N) is 1. The van der Waals surface area contributed by atoms with Crippen molar-refractivity contribution in [1.29, 1.82) is 0 Å². The van der Waals surface area contributed by atoms with Gasteiger partial charge in [0, 0.05) is 49.4 Å². The van der Waals surface area contributed by atoms with Crippen molar-refractivity contribution in [2.75, 3.05) is 6.54 Å². The van der Waals surface area contributed by atoms with Crippen molar-refractivity contribution in [1.82, 2.24) is 24.0 Å². The van der Waals surface area contributed by atoms with Crippen LogP contribution in [0.5, 0.6) is 0 Å². The molecule has 0 unspecified atom stereocenters. The molecule has 7 nitrogen and oxygen atoms in total. The van der Waals surface area contributed by atoms with Crippen molar-refractivity contribution >= 4 is 28.0 Å². The predicted molar refractivity (Wildman–Crippen MR) is 121 cm³/mol. The van der Waals surface area contributed by atoms with E-state index in [4.69, 9.17) is 10.7 Å². The number of amides is 1. The summed E-state index contributed by atoms with van der Waals surface area (Å²) in [6.07, 6.45) is 3.98. The Labute approximate surface area is 180 Å². The minimum Gasteiger partial charge on any atom is -0.334 e. The number of hydrogen-bond acceptors (Lipinski definition) is 4. The first kappa shape index (κ1) is 18.6. The van der Waals surface area contributed by atoms with Crippen LogP contribution < -0.4 is 5.73 Å². The molecule has 1 saturated carbocycles. The van der Waals surface area contributed by atoms with Crippen LogP contribution in [0.4, 0.5) is 0 Å². The molecule has 31 heavy (non-hydrogen) atoms. The van der Waals surface area contributed by atoms with E-state index in [1.807, 2.05) is 42.4 Å². The van der Waals surface area contributed by atoms with Gasteiger partial charge in [-0.15, -0.1) is 0 Å². The monoisotopic (exact) mass is 414 g/mol. The van der Waals surface area contributed by atoms with Gasteiger partial charge in [0.15, 0.2) is 5.82 Å². The molecule has 3 atom stereocenters. The van der Waals surface area contributed by atoms with Gasteiger partial charge in [-0.2, -0.15) is 0 Å². The maximum absolute atomic E-state index is 13.2. The number of nitrogens with zero attached hydrogens (tertiary/aromatic N) is 5. The lowest BCUT2D eigenvalue weighted by Crippen LogP contribution is -2.41. The lowest BCUT2D eigenvalue weighted by molar-refractivity contribution is 0.0701. The fourth-order valence-electron chi connectivity index (χ4n) is 5.60. The molecule has 1 aliphatic heterocycles. The molecule has 1 amide bonds. The molecule has 0 radical (unpaired) electrons. The number of carbonyl (C=O) groups is 1. The largest absolute Gasteiger partial charge is 0.334 e. The SMILES string of the molecule is CCn1c(-c2nc3cc(C(=O)N4C[C@H]5CC[C@@H]4[C@@H]5N)ccc3n2C)cc2cccnc21. The summed E-state index contributed by atoms with van der Waals surface area (Å²) in [7, 11) is 2.02. The Kier molecular flexibility index (Phi) is 3.99. The first-order valence-corrected chi connectivity index (χ1v) is 11.0. The summed E-state index contributed by atoms with van der Waals surface area (Å²) in [6.45, 7) is 3.70. The highest BCUT2D eigenvalue weighted by Gasteiger charge is 2.46. The lowest BCUT2D eigenvalue weighted by atomic mass is 10.1. The molecule has 3 aromatic heterocycles. The Hall–Kier alpha value is -3.19. The average Bonchev–Trinajstić information content (AvgIpc) is 3.52. The van der Waals surface area contributed by atoms with Gasteiger partial charge < -0.3 is 19.8 Å². The summed E-state index contributed by atoms with van der Waals surface area (Å²) in [5.41, 5.74) is 10.8. The summed E-state index contributed by atoms with van der Waals surface area (Å²) >= 11 is 0. The first-order valence-electron chi connectivity index (χ1n) is 11.0. The molecule has 2 N–H and O–H groups in total. The van der Waals surface area contributed by atoms with Crippen molar-refractivity contribution < 1.29 is 4.79 Å². The number of fused-ring (bicyclic) bond motifs is 4. The Morgan fingerprint density at radius 3 is 2.84 bits per heavy atom. The molecule has 158 valence electrons. The summed E-state index contributed by atoms with van der Waals surface area (Å²) in [4.78, 5) is 24.7. The number of likely N-dealkylation sites (tertiary alicyclic amines) is 1. The van der Waals surface area contributed by atoms with Crippen LogP contribution in [0.15, 0.2) is 42.6 Å². The van der Waals surface area contributed by atoms with E-state index in [1.165, 1.54) is 0 Å². The van der Waals surface area contributed by atoms with E-state index in [2.05, 4.69) is 33.2 Å². The van der Waals surface area contributed by atoms with Crippen LogP contribution in [-0.4, -0.2) is 48.5 Å². The third-order valence-corrected chi connectivity index (χ3v) is 7.24. The third-order valence-electron chi connectivity index (χ3n) is 7.24. The number of carbonyl (C=O) groups excluding carboxylic acids is 1. The highest BCUT2D eigenvalue weighted by Crippen LogP contribution is 2.37. The number of piperidine rings is 1. The lowest BCUT2D eigenvalue weighted by Gasteiger charge is -2.27. The molecule has 4 aromatic rings. The van der Waals surface area contributed by atoms with Gasteiger partial charge in [0.25, 0.3) is 5.91 Å². The van der Waals surface area contributed by atoms with E-state index in [0.29, 0.717) is 11.5 Å². The van der Waals surface area contributed by atoms with Crippen LogP contribution >= 0.6 is 0 Å². The zero-order valence-corrected chi connectivity index (χ0v) is 17.8. The zero-order chi connectivity index (χ0) is 21.3. The van der Waals surface area contributed by atoms with Crippen LogP contribution in [0.1, 0.15) is 30.1 Å². The number of imidazole rings is 1. The van der Waals surface area contributed by atoms with Gasteiger partial charge in [-0.25, -0.2) is 9.97 Å². The van der Waals surface area contributed by atoms with Gasteiger partial charge in [0.2, 0.25) is 0 Å². The molecule has 2 fully saturated rings. The second-order valence-corrected chi connectivity index (χ2v) is 8.83. The van der Waals surface area contributed by atoms with Gasteiger partial charge in [-0.3, -0.25) is 4.79 Å². The predicted octanol–water partition coefficient (Wildman–Crippen LogP) is 3.17. The summed E-state index contributed by atoms with van der Waals surface area (Å²) in [5.74, 6) is 1.40. The molecule has 2 aliphatic rings. The van der Waals surface area contributed by atoms with Crippen molar-refractivity contribution in [3.8, 4) is 11.5 Å². The quantitative estimate of drug-likeness (QED) is 0.558. The topological polar surface area (TPSA) is 82.0 Å². The Morgan fingerprint density at radius 2 is 2.10 bits per heavy atom. The van der Waals surface area contributed by atoms with Crippen molar-refractivity contribution in [3.05, 3.63) is 48.2 Å². The van der Waals surface area contributed by atoms with Crippen molar-refractivity contribution in [3.63, 3.8) is 0 Å². The normalized spacial score (nSPS) is 22.8. The fraction of sp³-hybridized carbons (Fsp3) is 0.375. The highest BCUT2D eigenvalue weighted by atomic mass is 16.2. The summed E-state index contributed by atoms with van der Waals surface area (Å²) in [6, 6.07) is 12.3. The smallest absolute Gasteiger partial charge is 0.254 e. The molecule has 6 rings (SSSR count). The van der Waals surface area contributed by atoms with Crippen LogP contribution in [0, 0.1) is 5.92 Å². The van der Waals surface area contributed by atoms with E-state index >= 15 is 0 Å². The Balaban J connectivity index is 1.42. The maximum Gasteiger partial charge on any atom is 0.254 e. The van der Waals surface area contributed by atoms with Crippen molar-refractivity contribution in [2.45, 2.75) is 38.4 Å². The molecule has 0 spiro atoms. The minimum atomic E-state index is 0.0728. The van der Waals surface area contributed by atoms with Gasteiger partial charge in [-0.05, 0) is 62.1 Å². The van der Waals surface area contributed by atoms with Crippen molar-refractivity contribution in [2.24, 2.45) is 18.7 Å². The van der Waals surface area contributed by atoms with Gasteiger partial charge in [0.05, 0.1) is 16.7 Å². The van der Waals surface area contributed by atoms with Gasteiger partial charge in [0.1, 0.15) is 5.65 Å². The van der Waals surface area contributed by atoms with E-state index in [9.17, 15) is 4.79 Å². The van der Waals surface area contributed by atoms with Crippen LogP contribution in [0.25, 0.3) is 33.6 Å². The molecule has 1 saturated heterocycles. The molecule has 1 aliphatic carbocycles. The fourth-order valence-corrected chi connectivity index (χ4v) is 5.60. The Morgan fingerprint density at radius 1 is 1.23 bits per heavy atom. The number of pyridine rings is 1. The molecule has 7 heteroatoms. The highest BCUT2D eigenvalue weighted by molar-refractivity contribution is 5.98. The third kappa shape index (κ3) is 2.59. The number of hydrogen-bond donors (Lipinski definition) is 1. The standard InChI is InChI=1S/C24H26N6O/c1-3-29-20(12-14-5-4-10-26-22(14)29)23-27-17-11-15(6-8-18(17)28(23)2)24(31)30-13-16-7-9-19(30)21(16)25/h4-6,8,10-12,16,19,21H,3,7,9,13,25H2,1-2H3/t16-,19-,21-/m1/s1. The van der Waals surface area contributed by atoms with E-state index < -0.39 is 0 Å². The molecule has 1 aromatic carbocycles. The van der Waals surface area contributed by atoms with Crippen LogP contribution in [0.2, 0.25) is 0 Å². The van der Waals surface area contributed by atoms with Gasteiger partial charge in [-0.1, -0.05) is 0 Å². The number of aryl methyl sites for hydroxylation is 2. The number of rotatable bonds is 3. The molecular weight excluding hydrogens is 388 g/mol. The molecular formula is C24H26N6O. The van der Waals surface area contributed by atoms with E-state index in [0.717, 1.165) is 59.5 Å². The second-order valence-electron chi connectivity index (χ2n) is 8.83. The van der Waals surface area contributed by atoms with Crippen LogP contribution in [-0.2, 0) is 13.6 Å². The summed E-state index contributed by atoms with van der Waals surface area (Å²) < 4.78 is 4.28.